The number of fused-ring (bicyclic) bond motifs is 4. The van der Waals surface area contributed by atoms with Gasteiger partial charge in [0.2, 0.25) is 0 Å². The van der Waals surface area contributed by atoms with E-state index < -0.39 is 0 Å². The first-order chi connectivity index (χ1) is 10.7. The van der Waals surface area contributed by atoms with Gasteiger partial charge in [0.05, 0.1) is 5.52 Å². The molecule has 3 aliphatic heterocycles. The number of Topliss-reactive ketones (excluding diaryl/α,β-unsaturated/α-hetero) is 1. The van der Waals surface area contributed by atoms with Crippen LogP contribution in [0.1, 0.15) is 35.3 Å². The third-order valence-electron chi connectivity index (χ3n) is 5.23. The quantitative estimate of drug-likeness (QED) is 0.698. The van der Waals surface area contributed by atoms with Crippen molar-refractivity contribution in [3.8, 4) is 12.3 Å². The molecule has 0 radical (unpaired) electrons. The van der Waals surface area contributed by atoms with Gasteiger partial charge in [-0.25, -0.2) is 0 Å². The SMILES string of the molecule is C#Cc1ccc2[nH]nc(C(=O)C[C@H]3CN4CCC3CC4)c2c1. The minimum Gasteiger partial charge on any atom is -0.303 e. The van der Waals surface area contributed by atoms with Gasteiger partial charge in [-0.3, -0.25) is 9.89 Å². The molecular weight excluding hydrogens is 274 g/mol. The second-order valence-electron chi connectivity index (χ2n) is 6.50. The smallest absolute Gasteiger partial charge is 0.184 e. The largest absolute Gasteiger partial charge is 0.303 e. The van der Waals surface area contributed by atoms with E-state index in [9.17, 15) is 4.79 Å². The summed E-state index contributed by atoms with van der Waals surface area (Å²) in [6.07, 6.45) is 8.53. The Morgan fingerprint density at radius 2 is 2.23 bits per heavy atom. The molecule has 4 heterocycles. The Bertz CT molecular complexity index is 762. The lowest BCUT2D eigenvalue weighted by Crippen LogP contribution is -2.47. The van der Waals surface area contributed by atoms with Crippen molar-refractivity contribution in [3.63, 3.8) is 0 Å². The molecule has 1 aromatic heterocycles. The third-order valence-corrected chi connectivity index (χ3v) is 5.23. The highest BCUT2D eigenvalue weighted by Crippen LogP contribution is 2.35. The Hall–Kier alpha value is -2.12. The number of nitrogens with one attached hydrogen (secondary N) is 1. The standard InChI is InChI=1S/C18H19N3O/c1-2-12-3-4-16-15(9-12)18(20-19-16)17(22)10-14-11-21-7-5-13(14)6-8-21/h1,3-4,9,13-14H,5-8,10-11H2,(H,19,20)/t14-/m0/s1. The molecule has 2 bridgehead atoms. The van der Waals surface area contributed by atoms with Crippen LogP contribution in [0.5, 0.6) is 0 Å². The summed E-state index contributed by atoms with van der Waals surface area (Å²) in [5, 5.41) is 8.03. The van der Waals surface area contributed by atoms with E-state index in [2.05, 4.69) is 21.0 Å². The van der Waals surface area contributed by atoms with E-state index in [4.69, 9.17) is 6.42 Å². The second kappa shape index (κ2) is 5.26. The highest BCUT2D eigenvalue weighted by molar-refractivity contribution is 6.06. The molecule has 0 aliphatic carbocycles. The van der Waals surface area contributed by atoms with Crippen molar-refractivity contribution in [1.82, 2.24) is 15.1 Å². The van der Waals surface area contributed by atoms with Gasteiger partial charge in [-0.15, -0.1) is 6.42 Å². The lowest BCUT2D eigenvalue weighted by molar-refractivity contribution is 0.0440. The predicted molar refractivity (Wildman–Crippen MR) is 85.6 cm³/mol. The lowest BCUT2D eigenvalue weighted by atomic mass is 9.76. The molecule has 1 N–H and O–H groups in total. The monoisotopic (exact) mass is 293 g/mol. The predicted octanol–water partition coefficient (Wildman–Crippen LogP) is 2.46. The number of benzene rings is 1. The van der Waals surface area contributed by atoms with Gasteiger partial charge in [-0.2, -0.15) is 5.10 Å². The van der Waals surface area contributed by atoms with Crippen molar-refractivity contribution in [2.75, 3.05) is 19.6 Å². The molecule has 3 aliphatic rings. The fourth-order valence-corrected chi connectivity index (χ4v) is 3.97. The molecule has 3 fully saturated rings. The van der Waals surface area contributed by atoms with Crippen LogP contribution in [0.25, 0.3) is 10.9 Å². The van der Waals surface area contributed by atoms with Gasteiger partial charge in [-0.05, 0) is 56.0 Å². The van der Waals surface area contributed by atoms with Gasteiger partial charge in [0.15, 0.2) is 5.78 Å². The number of nitrogens with zero attached hydrogens (tertiary/aromatic N) is 2. The zero-order valence-corrected chi connectivity index (χ0v) is 12.5. The molecule has 4 nitrogen and oxygen atoms in total. The van der Waals surface area contributed by atoms with Crippen LogP contribution in [0.2, 0.25) is 0 Å². The van der Waals surface area contributed by atoms with E-state index in [1.165, 1.54) is 25.9 Å². The van der Waals surface area contributed by atoms with E-state index in [-0.39, 0.29) is 5.78 Å². The molecule has 22 heavy (non-hydrogen) atoms. The van der Waals surface area contributed by atoms with Gasteiger partial charge < -0.3 is 4.90 Å². The summed E-state index contributed by atoms with van der Waals surface area (Å²) in [5.74, 6) is 3.95. The Labute approximate surface area is 129 Å². The zero-order valence-electron chi connectivity index (χ0n) is 12.5. The van der Waals surface area contributed by atoms with Crippen molar-refractivity contribution >= 4 is 16.7 Å². The number of aromatic amines is 1. The molecule has 2 aromatic rings. The van der Waals surface area contributed by atoms with Crippen LogP contribution < -0.4 is 0 Å². The topological polar surface area (TPSA) is 49.0 Å². The summed E-state index contributed by atoms with van der Waals surface area (Å²) in [4.78, 5) is 15.2. The van der Waals surface area contributed by atoms with Crippen LogP contribution in [-0.4, -0.2) is 40.5 Å². The molecule has 4 heteroatoms. The number of aromatic nitrogens is 2. The minimum absolute atomic E-state index is 0.138. The van der Waals surface area contributed by atoms with Gasteiger partial charge in [0.25, 0.3) is 0 Å². The molecule has 112 valence electrons. The van der Waals surface area contributed by atoms with Crippen LogP contribution in [-0.2, 0) is 0 Å². The highest BCUT2D eigenvalue weighted by atomic mass is 16.1. The molecule has 0 saturated carbocycles. The Morgan fingerprint density at radius 1 is 1.41 bits per heavy atom. The van der Waals surface area contributed by atoms with E-state index in [0.717, 1.165) is 23.0 Å². The maximum Gasteiger partial charge on any atom is 0.184 e. The Morgan fingerprint density at radius 3 is 2.91 bits per heavy atom. The summed E-state index contributed by atoms with van der Waals surface area (Å²) in [5.41, 5.74) is 2.20. The van der Waals surface area contributed by atoms with Crippen molar-refractivity contribution < 1.29 is 4.79 Å². The Balaban J connectivity index is 1.59. The van der Waals surface area contributed by atoms with Crippen molar-refractivity contribution in [2.45, 2.75) is 19.3 Å². The first-order valence-electron chi connectivity index (χ1n) is 7.95. The number of ketones is 1. The molecule has 0 unspecified atom stereocenters. The summed E-state index contributed by atoms with van der Waals surface area (Å²) < 4.78 is 0. The molecule has 1 atom stereocenters. The van der Waals surface area contributed by atoms with E-state index >= 15 is 0 Å². The normalized spacial score (nSPS) is 27.0. The summed E-state index contributed by atoms with van der Waals surface area (Å²) in [6.45, 7) is 3.47. The molecule has 0 spiro atoms. The Kier molecular flexibility index (Phi) is 3.24. The van der Waals surface area contributed by atoms with Crippen LogP contribution in [0.4, 0.5) is 0 Å². The van der Waals surface area contributed by atoms with Crippen molar-refractivity contribution in [1.29, 1.82) is 0 Å². The number of carbonyl (C=O) groups is 1. The third kappa shape index (κ3) is 2.22. The van der Waals surface area contributed by atoms with Crippen molar-refractivity contribution in [3.05, 3.63) is 29.5 Å². The number of piperidine rings is 3. The second-order valence-corrected chi connectivity index (χ2v) is 6.50. The molecule has 5 rings (SSSR count). The number of hydrogen-bond donors (Lipinski definition) is 1. The fourth-order valence-electron chi connectivity index (χ4n) is 3.97. The molecule has 0 amide bonds. The average Bonchev–Trinajstić information content (AvgIpc) is 2.99. The zero-order chi connectivity index (χ0) is 15.1. The van der Waals surface area contributed by atoms with Crippen molar-refractivity contribution in [2.24, 2.45) is 11.8 Å². The van der Waals surface area contributed by atoms with Crippen LogP contribution in [0, 0.1) is 24.2 Å². The van der Waals surface area contributed by atoms with E-state index in [0.29, 0.717) is 24.0 Å². The summed E-state index contributed by atoms with van der Waals surface area (Å²) in [6, 6.07) is 5.63. The van der Waals surface area contributed by atoms with Gasteiger partial charge >= 0.3 is 0 Å². The number of H-pyrrole nitrogens is 1. The molecular formula is C18H19N3O. The number of carbonyl (C=O) groups excluding carboxylic acids is 1. The van der Waals surface area contributed by atoms with Crippen LogP contribution in [0.3, 0.4) is 0 Å². The number of terminal acetylenes is 1. The van der Waals surface area contributed by atoms with E-state index in [1.807, 2.05) is 18.2 Å². The van der Waals surface area contributed by atoms with Crippen LogP contribution >= 0.6 is 0 Å². The fraction of sp³-hybridized carbons (Fsp3) is 0.444. The van der Waals surface area contributed by atoms with Crippen LogP contribution in [0.15, 0.2) is 18.2 Å². The summed E-state index contributed by atoms with van der Waals surface area (Å²) in [7, 11) is 0. The first kappa shape index (κ1) is 13.5. The molecule has 1 aromatic carbocycles. The average molecular weight is 293 g/mol. The number of rotatable bonds is 3. The maximum absolute atomic E-state index is 12.7. The van der Waals surface area contributed by atoms with E-state index in [1.54, 1.807) is 0 Å². The van der Waals surface area contributed by atoms with Gasteiger partial charge in [-0.1, -0.05) is 5.92 Å². The first-order valence-corrected chi connectivity index (χ1v) is 7.95. The lowest BCUT2D eigenvalue weighted by Gasteiger charge is -2.44. The van der Waals surface area contributed by atoms with Gasteiger partial charge in [0.1, 0.15) is 5.69 Å². The molecule has 3 saturated heterocycles. The number of hydrogen-bond acceptors (Lipinski definition) is 3. The highest BCUT2D eigenvalue weighted by Gasteiger charge is 2.35. The minimum atomic E-state index is 0.138. The summed E-state index contributed by atoms with van der Waals surface area (Å²) >= 11 is 0. The maximum atomic E-state index is 12.7. The van der Waals surface area contributed by atoms with Gasteiger partial charge in [0, 0.05) is 23.9 Å².